The van der Waals surface area contributed by atoms with E-state index in [1.807, 2.05) is 0 Å². The first-order valence-electron chi connectivity index (χ1n) is 5.51. The van der Waals surface area contributed by atoms with Crippen molar-refractivity contribution in [2.24, 2.45) is 10.2 Å². The Kier molecular flexibility index (Phi) is 4.06. The lowest BCUT2D eigenvalue weighted by atomic mass is 10.1. The summed E-state index contributed by atoms with van der Waals surface area (Å²) in [6, 6.07) is 3.39. The Morgan fingerprint density at radius 1 is 1.53 bits per heavy atom. The maximum Gasteiger partial charge on any atom is 0.236 e. The van der Waals surface area contributed by atoms with Crippen molar-refractivity contribution >= 4 is 29.1 Å². The quantitative estimate of drug-likeness (QED) is 0.644. The zero-order chi connectivity index (χ0) is 13.8. The van der Waals surface area contributed by atoms with Crippen LogP contribution in [0, 0.1) is 6.92 Å². The lowest BCUT2D eigenvalue weighted by Crippen LogP contribution is -2.19. The summed E-state index contributed by atoms with van der Waals surface area (Å²) in [7, 11) is 1.55. The van der Waals surface area contributed by atoms with Crippen LogP contribution < -0.4 is 10.1 Å². The van der Waals surface area contributed by atoms with Gasteiger partial charge in [-0.1, -0.05) is 11.8 Å². The smallest absolute Gasteiger partial charge is 0.236 e. The lowest BCUT2D eigenvalue weighted by molar-refractivity contribution is -0.116. The van der Waals surface area contributed by atoms with E-state index in [2.05, 4.69) is 15.5 Å². The summed E-state index contributed by atoms with van der Waals surface area (Å²) in [6.45, 7) is 1.77. The maximum atomic E-state index is 10.9. The summed E-state index contributed by atoms with van der Waals surface area (Å²) in [6.07, 6.45) is 1.42. The van der Waals surface area contributed by atoms with Crippen LogP contribution in [0.2, 0.25) is 0 Å². The summed E-state index contributed by atoms with van der Waals surface area (Å²) < 4.78 is 5.11. The Morgan fingerprint density at radius 2 is 2.32 bits per heavy atom. The molecule has 1 aliphatic rings. The number of amidine groups is 1. The fourth-order valence-corrected chi connectivity index (χ4v) is 2.14. The average molecular weight is 279 g/mol. The van der Waals surface area contributed by atoms with E-state index in [1.54, 1.807) is 26.2 Å². The van der Waals surface area contributed by atoms with Gasteiger partial charge in [0.25, 0.3) is 0 Å². The second kappa shape index (κ2) is 5.75. The van der Waals surface area contributed by atoms with Crippen molar-refractivity contribution in [3.05, 3.63) is 23.3 Å². The normalized spacial score (nSPS) is 17.2. The van der Waals surface area contributed by atoms with Crippen molar-refractivity contribution in [2.45, 2.75) is 6.92 Å². The third kappa shape index (κ3) is 3.25. The van der Waals surface area contributed by atoms with Gasteiger partial charge in [-0.3, -0.25) is 4.79 Å². The fourth-order valence-electron chi connectivity index (χ4n) is 1.51. The number of phenolic OH excluding ortho intramolecular Hbond substituents is 1. The first-order valence-corrected chi connectivity index (χ1v) is 6.50. The van der Waals surface area contributed by atoms with Gasteiger partial charge in [0.15, 0.2) is 5.17 Å². The number of phenols is 1. The van der Waals surface area contributed by atoms with Crippen molar-refractivity contribution in [1.29, 1.82) is 0 Å². The number of hydrogen-bond donors (Lipinski definition) is 2. The molecule has 0 unspecified atom stereocenters. The van der Waals surface area contributed by atoms with Crippen LogP contribution >= 0.6 is 11.8 Å². The van der Waals surface area contributed by atoms with Crippen LogP contribution in [0.3, 0.4) is 0 Å². The first kappa shape index (κ1) is 13.4. The minimum absolute atomic E-state index is 0.0842. The summed E-state index contributed by atoms with van der Waals surface area (Å²) in [4.78, 5) is 10.9. The largest absolute Gasteiger partial charge is 0.507 e. The highest BCUT2D eigenvalue weighted by Crippen LogP contribution is 2.26. The maximum absolute atomic E-state index is 10.9. The number of nitrogens with zero attached hydrogens (tertiary/aromatic N) is 2. The molecule has 1 heterocycles. The van der Waals surface area contributed by atoms with E-state index in [4.69, 9.17) is 4.74 Å². The van der Waals surface area contributed by atoms with Crippen molar-refractivity contribution in [3.8, 4) is 11.5 Å². The Morgan fingerprint density at radius 3 is 2.95 bits per heavy atom. The van der Waals surface area contributed by atoms with Gasteiger partial charge in [-0.05, 0) is 24.6 Å². The number of thioether (sulfide) groups is 1. The van der Waals surface area contributed by atoms with Gasteiger partial charge in [-0.2, -0.15) is 5.10 Å². The standard InChI is InChI=1S/C12H13N3O3S/c1-7-3-9(18-2)4-8(11(7)17)5-13-15-12-14-10(16)6-19-12/h3-5,17H,6H2,1-2H3,(H,14,15,16). The molecular formula is C12H13N3O3S. The molecule has 1 aromatic rings. The predicted molar refractivity (Wildman–Crippen MR) is 75.0 cm³/mol. The molecule has 0 aromatic heterocycles. The SMILES string of the molecule is COc1cc(C)c(O)c(C=NN=C2NC(=O)CS2)c1. The van der Waals surface area contributed by atoms with E-state index in [-0.39, 0.29) is 11.7 Å². The Hall–Kier alpha value is -2.02. The number of benzene rings is 1. The van der Waals surface area contributed by atoms with E-state index < -0.39 is 0 Å². The topological polar surface area (TPSA) is 83.3 Å². The van der Waals surface area contributed by atoms with Gasteiger partial charge in [-0.25, -0.2) is 0 Å². The molecule has 1 aliphatic heterocycles. The second-order valence-electron chi connectivity index (χ2n) is 3.87. The molecule has 6 nitrogen and oxygen atoms in total. The Balaban J connectivity index is 2.18. The molecule has 0 spiro atoms. The molecule has 100 valence electrons. The fraction of sp³-hybridized carbons (Fsp3) is 0.250. The van der Waals surface area contributed by atoms with Crippen LogP contribution in [0.1, 0.15) is 11.1 Å². The van der Waals surface area contributed by atoms with Crippen molar-refractivity contribution in [3.63, 3.8) is 0 Å². The van der Waals surface area contributed by atoms with Gasteiger partial charge in [0.2, 0.25) is 5.91 Å². The molecule has 2 N–H and O–H groups in total. The van der Waals surface area contributed by atoms with Gasteiger partial charge in [0, 0.05) is 5.56 Å². The Bertz CT molecular complexity index is 570. The molecule has 1 saturated heterocycles. The van der Waals surface area contributed by atoms with Gasteiger partial charge >= 0.3 is 0 Å². The van der Waals surface area contributed by atoms with Crippen LogP contribution in [-0.4, -0.2) is 35.3 Å². The van der Waals surface area contributed by atoms with Crippen LogP contribution in [0.4, 0.5) is 0 Å². The second-order valence-corrected chi connectivity index (χ2v) is 4.83. The molecule has 19 heavy (non-hydrogen) atoms. The summed E-state index contributed by atoms with van der Waals surface area (Å²) in [5.74, 6) is 1.04. The summed E-state index contributed by atoms with van der Waals surface area (Å²) >= 11 is 1.29. The molecule has 7 heteroatoms. The van der Waals surface area contributed by atoms with Crippen LogP contribution in [0.5, 0.6) is 11.5 Å². The molecule has 0 radical (unpaired) electrons. The number of nitrogens with one attached hydrogen (secondary N) is 1. The molecule has 0 atom stereocenters. The molecule has 0 aliphatic carbocycles. The van der Waals surface area contributed by atoms with E-state index in [9.17, 15) is 9.90 Å². The molecule has 0 bridgehead atoms. The van der Waals surface area contributed by atoms with Crippen LogP contribution in [0.15, 0.2) is 22.3 Å². The predicted octanol–water partition coefficient (Wildman–Crippen LogP) is 1.26. The monoisotopic (exact) mass is 279 g/mol. The highest BCUT2D eigenvalue weighted by Gasteiger charge is 2.16. The number of methoxy groups -OCH3 is 1. The number of aryl methyl sites for hydroxylation is 1. The number of carbonyl (C=O) groups is 1. The average Bonchev–Trinajstić information content (AvgIpc) is 2.80. The minimum atomic E-state index is -0.0842. The third-order valence-electron chi connectivity index (χ3n) is 2.47. The van der Waals surface area contributed by atoms with Crippen molar-refractivity contribution < 1.29 is 14.6 Å². The van der Waals surface area contributed by atoms with Crippen molar-refractivity contribution in [2.75, 3.05) is 12.9 Å². The van der Waals surface area contributed by atoms with Gasteiger partial charge < -0.3 is 15.2 Å². The molecule has 2 rings (SSSR count). The molecular weight excluding hydrogens is 266 g/mol. The highest BCUT2D eigenvalue weighted by atomic mass is 32.2. The number of rotatable bonds is 3. The number of aromatic hydroxyl groups is 1. The summed E-state index contributed by atoms with van der Waals surface area (Å²) in [5, 5.41) is 20.6. The molecule has 1 aromatic carbocycles. The van der Waals surface area contributed by atoms with E-state index in [1.165, 1.54) is 18.0 Å². The minimum Gasteiger partial charge on any atom is -0.507 e. The summed E-state index contributed by atoms with van der Waals surface area (Å²) in [5.41, 5.74) is 1.20. The van der Waals surface area contributed by atoms with Crippen molar-refractivity contribution in [1.82, 2.24) is 5.32 Å². The molecule has 1 fully saturated rings. The third-order valence-corrected chi connectivity index (χ3v) is 3.33. The highest BCUT2D eigenvalue weighted by molar-refractivity contribution is 8.15. The van der Waals surface area contributed by atoms with E-state index in [0.717, 1.165) is 0 Å². The van der Waals surface area contributed by atoms with E-state index in [0.29, 0.717) is 27.8 Å². The van der Waals surface area contributed by atoms with Gasteiger partial charge in [-0.15, -0.1) is 5.10 Å². The van der Waals surface area contributed by atoms with E-state index >= 15 is 0 Å². The van der Waals surface area contributed by atoms with Crippen LogP contribution in [0.25, 0.3) is 0 Å². The number of amides is 1. The Labute approximate surface area is 114 Å². The number of ether oxygens (including phenoxy) is 1. The number of hydrogen-bond acceptors (Lipinski definition) is 6. The molecule has 1 amide bonds. The molecule has 0 saturated carbocycles. The van der Waals surface area contributed by atoms with Crippen LogP contribution in [-0.2, 0) is 4.79 Å². The first-order chi connectivity index (χ1) is 9.10. The van der Waals surface area contributed by atoms with Gasteiger partial charge in [0.1, 0.15) is 11.5 Å². The lowest BCUT2D eigenvalue weighted by Gasteiger charge is -2.06. The zero-order valence-electron chi connectivity index (χ0n) is 10.5. The number of carbonyl (C=O) groups excluding carboxylic acids is 1. The van der Waals surface area contributed by atoms with Gasteiger partial charge in [0.05, 0.1) is 19.1 Å². The zero-order valence-corrected chi connectivity index (χ0v) is 11.3.